The number of fused-ring (bicyclic) bond motifs is 1. The topological polar surface area (TPSA) is 29.5 Å². The lowest BCUT2D eigenvalue weighted by molar-refractivity contribution is -0.135. The lowest BCUT2D eigenvalue weighted by atomic mass is 9.88. The number of hydrogen-bond acceptors (Lipinski definition) is 3. The highest BCUT2D eigenvalue weighted by Crippen LogP contribution is 2.37. The molecule has 0 saturated heterocycles. The number of benzene rings is 2. The van der Waals surface area contributed by atoms with Crippen molar-refractivity contribution in [3.05, 3.63) is 64.2 Å². The van der Waals surface area contributed by atoms with E-state index >= 15 is 0 Å². The summed E-state index contributed by atoms with van der Waals surface area (Å²) in [6.07, 6.45) is 1.33. The predicted octanol–water partition coefficient (Wildman–Crippen LogP) is 4.91. The molecule has 0 N–H and O–H groups in total. The van der Waals surface area contributed by atoms with Gasteiger partial charge in [0.05, 0.1) is 5.02 Å². The van der Waals surface area contributed by atoms with Crippen LogP contribution in [0.4, 0.5) is 0 Å². The molecule has 138 valence electrons. The maximum absolute atomic E-state index is 12.1. The number of nitrogens with zero attached hydrogens (tertiary/aromatic N) is 1. The van der Waals surface area contributed by atoms with E-state index in [1.165, 1.54) is 16.7 Å². The molecule has 1 aliphatic heterocycles. The molecule has 2 aromatic carbocycles. The van der Waals surface area contributed by atoms with Crippen LogP contribution in [0.1, 0.15) is 42.9 Å². The first-order chi connectivity index (χ1) is 12.4. The first kappa shape index (κ1) is 18.9. The normalized spacial score (nSPS) is 17.7. The van der Waals surface area contributed by atoms with Crippen molar-refractivity contribution >= 4 is 17.6 Å². The Hall–Kier alpha value is -1.84. The van der Waals surface area contributed by atoms with Crippen LogP contribution in [-0.4, -0.2) is 31.0 Å². The van der Waals surface area contributed by atoms with E-state index in [0.717, 1.165) is 19.5 Å². The van der Waals surface area contributed by atoms with Crippen molar-refractivity contribution in [3.63, 3.8) is 0 Å². The fourth-order valence-electron chi connectivity index (χ4n) is 3.51. The monoisotopic (exact) mass is 371 g/mol. The molecular formula is C22H26ClNO2. The molecule has 4 heteroatoms. The minimum absolute atomic E-state index is 0.233. The first-order valence-corrected chi connectivity index (χ1v) is 9.58. The number of carbonyl (C=O) groups is 1. The Bertz CT molecular complexity index is 773. The molecule has 0 radical (unpaired) electrons. The molecule has 3 rings (SSSR count). The molecule has 0 amide bonds. The molecular weight excluding hydrogens is 346 g/mol. The summed E-state index contributed by atoms with van der Waals surface area (Å²) in [7, 11) is 2.15. The molecule has 1 unspecified atom stereocenters. The zero-order chi connectivity index (χ0) is 18.7. The van der Waals surface area contributed by atoms with Gasteiger partial charge in [-0.15, -0.1) is 0 Å². The number of hydrogen-bond donors (Lipinski definition) is 0. The lowest BCUT2D eigenvalue weighted by Gasteiger charge is -2.22. The second-order valence-corrected chi connectivity index (χ2v) is 7.94. The van der Waals surface area contributed by atoms with Gasteiger partial charge in [0, 0.05) is 25.4 Å². The average Bonchev–Trinajstić information content (AvgIpc) is 2.75. The number of halogens is 1. The zero-order valence-electron chi connectivity index (χ0n) is 15.7. The number of ether oxygens (including phenoxy) is 1. The molecule has 3 nitrogen and oxygen atoms in total. The van der Waals surface area contributed by atoms with Crippen molar-refractivity contribution in [1.29, 1.82) is 0 Å². The van der Waals surface area contributed by atoms with Gasteiger partial charge in [-0.1, -0.05) is 55.8 Å². The van der Waals surface area contributed by atoms with Crippen LogP contribution in [0.5, 0.6) is 5.75 Å². The van der Waals surface area contributed by atoms with E-state index in [9.17, 15) is 4.79 Å². The molecule has 1 aliphatic rings. The van der Waals surface area contributed by atoms with Gasteiger partial charge in [0.2, 0.25) is 0 Å². The van der Waals surface area contributed by atoms with Crippen LogP contribution in [0.25, 0.3) is 0 Å². The van der Waals surface area contributed by atoms with E-state index in [1.807, 2.05) is 32.0 Å². The van der Waals surface area contributed by atoms with E-state index in [0.29, 0.717) is 17.2 Å². The third-order valence-electron chi connectivity index (χ3n) is 4.83. The molecule has 2 aromatic rings. The molecule has 1 atom stereocenters. The summed E-state index contributed by atoms with van der Waals surface area (Å²) >= 11 is 6.43. The highest BCUT2D eigenvalue weighted by atomic mass is 35.5. The van der Waals surface area contributed by atoms with Crippen LogP contribution in [0, 0.1) is 5.92 Å². The van der Waals surface area contributed by atoms with Gasteiger partial charge < -0.3 is 9.64 Å². The van der Waals surface area contributed by atoms with E-state index in [1.54, 1.807) is 0 Å². The minimum atomic E-state index is -0.233. The van der Waals surface area contributed by atoms with Crippen molar-refractivity contribution in [1.82, 2.24) is 4.90 Å². The first-order valence-electron chi connectivity index (χ1n) is 9.20. The highest BCUT2D eigenvalue weighted by molar-refractivity contribution is 6.32. The fraction of sp³-hybridized carbons (Fsp3) is 0.409. The van der Waals surface area contributed by atoms with Crippen LogP contribution in [0.15, 0.2) is 42.5 Å². The Labute approximate surface area is 160 Å². The molecule has 0 saturated carbocycles. The van der Waals surface area contributed by atoms with Crippen molar-refractivity contribution in [2.45, 2.75) is 32.6 Å². The summed E-state index contributed by atoms with van der Waals surface area (Å²) < 4.78 is 5.59. The van der Waals surface area contributed by atoms with Crippen LogP contribution < -0.4 is 4.74 Å². The van der Waals surface area contributed by atoms with Gasteiger partial charge in [-0.05, 0) is 48.2 Å². The van der Waals surface area contributed by atoms with E-state index in [-0.39, 0.29) is 17.8 Å². The maximum atomic E-state index is 12.1. The molecule has 1 heterocycles. The van der Waals surface area contributed by atoms with Crippen LogP contribution in [0.3, 0.4) is 0 Å². The predicted molar refractivity (Wildman–Crippen MR) is 106 cm³/mol. The number of carbonyl (C=O) groups excluding carboxylic acids is 1. The largest absolute Gasteiger partial charge is 0.425 e. The Morgan fingerprint density at radius 1 is 1.27 bits per heavy atom. The Balaban J connectivity index is 1.99. The van der Waals surface area contributed by atoms with Crippen LogP contribution in [-0.2, 0) is 11.2 Å². The third kappa shape index (κ3) is 4.46. The van der Waals surface area contributed by atoms with Crippen molar-refractivity contribution < 1.29 is 9.53 Å². The molecule has 0 fully saturated rings. The van der Waals surface area contributed by atoms with Gasteiger partial charge in [0.1, 0.15) is 5.75 Å². The van der Waals surface area contributed by atoms with Gasteiger partial charge in [-0.25, -0.2) is 0 Å². The van der Waals surface area contributed by atoms with Crippen LogP contribution in [0.2, 0.25) is 5.02 Å². The van der Waals surface area contributed by atoms with Crippen molar-refractivity contribution in [2.24, 2.45) is 5.92 Å². The Morgan fingerprint density at radius 2 is 2.00 bits per heavy atom. The van der Waals surface area contributed by atoms with Crippen molar-refractivity contribution in [2.75, 3.05) is 20.1 Å². The van der Waals surface area contributed by atoms with Gasteiger partial charge >= 0.3 is 5.97 Å². The average molecular weight is 372 g/mol. The summed E-state index contributed by atoms with van der Waals surface area (Å²) in [6.45, 7) is 5.92. The van der Waals surface area contributed by atoms with E-state index in [4.69, 9.17) is 16.3 Å². The van der Waals surface area contributed by atoms with Gasteiger partial charge in [0.25, 0.3) is 0 Å². The smallest absolute Gasteiger partial charge is 0.311 e. The number of rotatable bonds is 4. The summed E-state index contributed by atoms with van der Waals surface area (Å²) in [5.41, 5.74) is 3.71. The standard InChI is InChI=1S/C22H26ClNO2/c1-15(2)11-22(25)26-21-13-18-17(12-20(21)23)9-10-24(3)14-19(18)16-7-5-4-6-8-16/h4-8,12-13,15,19H,9-11,14H2,1-3H3. The molecule has 0 spiro atoms. The fourth-order valence-corrected chi connectivity index (χ4v) is 3.73. The maximum Gasteiger partial charge on any atom is 0.311 e. The number of esters is 1. The zero-order valence-corrected chi connectivity index (χ0v) is 16.4. The third-order valence-corrected chi connectivity index (χ3v) is 5.12. The van der Waals surface area contributed by atoms with Crippen LogP contribution >= 0.6 is 11.6 Å². The quantitative estimate of drug-likeness (QED) is 0.564. The molecule has 0 aromatic heterocycles. The van der Waals surface area contributed by atoms with E-state index < -0.39 is 0 Å². The summed E-state index contributed by atoms with van der Waals surface area (Å²) in [5.74, 6) is 0.733. The minimum Gasteiger partial charge on any atom is -0.425 e. The van der Waals surface area contributed by atoms with Gasteiger partial charge in [-0.3, -0.25) is 4.79 Å². The summed E-state index contributed by atoms with van der Waals surface area (Å²) in [4.78, 5) is 14.5. The molecule has 0 aliphatic carbocycles. The summed E-state index contributed by atoms with van der Waals surface area (Å²) in [6, 6.07) is 14.4. The summed E-state index contributed by atoms with van der Waals surface area (Å²) in [5, 5.41) is 0.511. The highest BCUT2D eigenvalue weighted by Gasteiger charge is 2.25. The Kier molecular flexibility index (Phi) is 6.00. The van der Waals surface area contributed by atoms with Gasteiger partial charge in [-0.2, -0.15) is 0 Å². The second-order valence-electron chi connectivity index (χ2n) is 7.53. The SMILES string of the molecule is CC(C)CC(=O)Oc1cc2c(cc1Cl)CCN(C)CC2c1ccccc1. The Morgan fingerprint density at radius 3 is 2.69 bits per heavy atom. The lowest BCUT2D eigenvalue weighted by Crippen LogP contribution is -2.24. The molecule has 26 heavy (non-hydrogen) atoms. The molecule has 0 bridgehead atoms. The van der Waals surface area contributed by atoms with E-state index in [2.05, 4.69) is 36.2 Å². The van der Waals surface area contributed by atoms with Crippen molar-refractivity contribution in [3.8, 4) is 5.75 Å². The van der Waals surface area contributed by atoms with Gasteiger partial charge in [0.15, 0.2) is 0 Å². The second kappa shape index (κ2) is 8.24. The number of likely N-dealkylation sites (N-methyl/N-ethyl adjacent to an activating group) is 1.